The molecule has 0 aliphatic rings. The third-order valence-electron chi connectivity index (χ3n) is 2.33. The highest BCUT2D eigenvalue weighted by molar-refractivity contribution is 7.98. The summed E-state index contributed by atoms with van der Waals surface area (Å²) >= 11 is 1.70. The molecule has 0 spiro atoms. The van der Waals surface area contributed by atoms with Gasteiger partial charge >= 0.3 is 0 Å². The van der Waals surface area contributed by atoms with Crippen LogP contribution in [0, 0.1) is 0 Å². The molecular weight excluding hydrogens is 246 g/mol. The summed E-state index contributed by atoms with van der Waals surface area (Å²) in [6.45, 7) is 8.56. The topological polar surface area (TPSA) is 70.6 Å². The molecule has 1 atom stereocenters. The number of hydrogen-bond donors (Lipinski definition) is 3. The zero-order valence-electron chi connectivity index (χ0n) is 11.3. The second-order valence-corrected chi connectivity index (χ2v) is 6.83. The Morgan fingerprint density at radius 1 is 1.44 bits per heavy atom. The van der Waals surface area contributed by atoms with Crippen molar-refractivity contribution >= 4 is 17.8 Å². The number of benzene rings is 1. The molecule has 0 radical (unpaired) electrons. The van der Waals surface area contributed by atoms with Crippen molar-refractivity contribution in [3.8, 4) is 0 Å². The number of hydrogen-bond acceptors (Lipinski definition) is 4. The van der Waals surface area contributed by atoms with Crippen LogP contribution in [0.1, 0.15) is 44.9 Å². The number of rotatable bonds is 4. The predicted octanol–water partition coefficient (Wildman–Crippen LogP) is 2.88. The van der Waals surface area contributed by atoms with Crippen LogP contribution in [0.3, 0.4) is 0 Å². The van der Waals surface area contributed by atoms with Crippen LogP contribution >= 0.6 is 11.9 Å². The molecule has 0 fully saturated rings. The lowest BCUT2D eigenvalue weighted by Gasteiger charge is -2.22. The average Bonchev–Trinajstić information content (AvgIpc) is 2.34. The Labute approximate surface area is 113 Å². The van der Waals surface area contributed by atoms with Crippen molar-refractivity contribution in [2.45, 2.75) is 38.5 Å². The van der Waals surface area contributed by atoms with Crippen LogP contribution < -0.4 is 10.5 Å². The standard InChI is InChI=1S/C13H21N3OS/c1-9(16-18-13(2,3)4)10-6-5-7-11(8-10)12(14)15-17/h5-9,16-17H,1-4H3,(H2,14,15)/t9-/m0/s1. The van der Waals surface area contributed by atoms with E-state index in [1.807, 2.05) is 24.3 Å². The number of nitrogens with zero attached hydrogens (tertiary/aromatic N) is 1. The maximum absolute atomic E-state index is 8.67. The van der Waals surface area contributed by atoms with Gasteiger partial charge in [-0.05, 0) is 39.3 Å². The molecule has 0 saturated carbocycles. The van der Waals surface area contributed by atoms with Gasteiger partial charge in [-0.25, -0.2) is 0 Å². The van der Waals surface area contributed by atoms with Crippen molar-refractivity contribution in [2.24, 2.45) is 10.9 Å². The van der Waals surface area contributed by atoms with Gasteiger partial charge in [-0.3, -0.25) is 4.72 Å². The second kappa shape index (κ2) is 6.11. The fourth-order valence-electron chi connectivity index (χ4n) is 1.36. The molecule has 0 saturated heterocycles. The fraction of sp³-hybridized carbons (Fsp3) is 0.462. The third kappa shape index (κ3) is 4.58. The van der Waals surface area contributed by atoms with E-state index in [4.69, 9.17) is 10.9 Å². The summed E-state index contributed by atoms with van der Waals surface area (Å²) in [4.78, 5) is 0. The van der Waals surface area contributed by atoms with Gasteiger partial charge in [-0.2, -0.15) is 0 Å². The molecule has 1 aromatic rings. The van der Waals surface area contributed by atoms with E-state index >= 15 is 0 Å². The lowest BCUT2D eigenvalue weighted by atomic mass is 10.1. The molecular formula is C13H21N3OS. The van der Waals surface area contributed by atoms with Crippen molar-refractivity contribution in [3.05, 3.63) is 35.4 Å². The van der Waals surface area contributed by atoms with E-state index in [9.17, 15) is 0 Å². The summed E-state index contributed by atoms with van der Waals surface area (Å²) in [6, 6.07) is 7.87. The summed E-state index contributed by atoms with van der Waals surface area (Å²) in [5.74, 6) is 0.132. The summed E-state index contributed by atoms with van der Waals surface area (Å²) in [5.41, 5.74) is 7.41. The Bertz CT molecular complexity index is 426. The summed E-state index contributed by atoms with van der Waals surface area (Å²) in [5, 5.41) is 11.7. The summed E-state index contributed by atoms with van der Waals surface area (Å²) < 4.78 is 3.56. The van der Waals surface area contributed by atoms with Gasteiger partial charge in [-0.1, -0.05) is 35.3 Å². The first-order chi connectivity index (χ1) is 8.33. The van der Waals surface area contributed by atoms with Crippen molar-refractivity contribution in [1.82, 2.24) is 4.72 Å². The first-order valence-corrected chi connectivity index (χ1v) is 6.66. The third-order valence-corrected chi connectivity index (χ3v) is 3.42. The highest BCUT2D eigenvalue weighted by atomic mass is 32.2. The van der Waals surface area contributed by atoms with Gasteiger partial charge in [0.15, 0.2) is 5.84 Å². The fourth-order valence-corrected chi connectivity index (χ4v) is 2.02. The van der Waals surface area contributed by atoms with Crippen LogP contribution in [-0.2, 0) is 0 Å². The van der Waals surface area contributed by atoms with Crippen LogP contribution in [0.2, 0.25) is 0 Å². The minimum Gasteiger partial charge on any atom is -0.409 e. The molecule has 1 rings (SSSR count). The van der Waals surface area contributed by atoms with Crippen LogP contribution in [0.25, 0.3) is 0 Å². The number of nitrogens with one attached hydrogen (secondary N) is 1. The zero-order valence-corrected chi connectivity index (χ0v) is 12.1. The lowest BCUT2D eigenvalue weighted by molar-refractivity contribution is 0.318. The van der Waals surface area contributed by atoms with Gasteiger partial charge in [0.25, 0.3) is 0 Å². The van der Waals surface area contributed by atoms with Gasteiger partial charge in [0.2, 0.25) is 0 Å². The van der Waals surface area contributed by atoms with Crippen LogP contribution in [-0.4, -0.2) is 15.8 Å². The normalized spacial score (nSPS) is 14.6. The molecule has 18 heavy (non-hydrogen) atoms. The minimum atomic E-state index is 0.132. The molecule has 1 aromatic carbocycles. The van der Waals surface area contributed by atoms with Gasteiger partial charge in [0.1, 0.15) is 0 Å². The van der Waals surface area contributed by atoms with E-state index in [-0.39, 0.29) is 16.6 Å². The van der Waals surface area contributed by atoms with Gasteiger partial charge in [0.05, 0.1) is 0 Å². The second-order valence-electron chi connectivity index (χ2n) is 5.16. The molecule has 100 valence electrons. The zero-order chi connectivity index (χ0) is 13.8. The van der Waals surface area contributed by atoms with E-state index in [0.29, 0.717) is 0 Å². The van der Waals surface area contributed by atoms with E-state index in [0.717, 1.165) is 11.1 Å². The van der Waals surface area contributed by atoms with Crippen LogP contribution in [0.4, 0.5) is 0 Å². The average molecular weight is 267 g/mol. The van der Waals surface area contributed by atoms with E-state index in [1.165, 1.54) is 0 Å². The molecule has 0 bridgehead atoms. The number of amidine groups is 1. The molecule has 0 unspecified atom stereocenters. The van der Waals surface area contributed by atoms with E-state index in [2.05, 4.69) is 37.6 Å². The largest absolute Gasteiger partial charge is 0.409 e. The summed E-state index contributed by atoms with van der Waals surface area (Å²) in [7, 11) is 0. The Kier molecular flexibility index (Phi) is 5.04. The number of nitrogens with two attached hydrogens (primary N) is 1. The van der Waals surface area contributed by atoms with Gasteiger partial charge < -0.3 is 10.9 Å². The van der Waals surface area contributed by atoms with E-state index in [1.54, 1.807) is 11.9 Å². The van der Waals surface area contributed by atoms with Crippen molar-refractivity contribution in [1.29, 1.82) is 0 Å². The molecule has 0 aliphatic heterocycles. The molecule has 5 heteroatoms. The van der Waals surface area contributed by atoms with Crippen molar-refractivity contribution < 1.29 is 5.21 Å². The maximum Gasteiger partial charge on any atom is 0.170 e. The monoisotopic (exact) mass is 267 g/mol. The first kappa shape index (κ1) is 14.9. The highest BCUT2D eigenvalue weighted by Gasteiger charge is 2.14. The van der Waals surface area contributed by atoms with E-state index < -0.39 is 0 Å². The van der Waals surface area contributed by atoms with Crippen LogP contribution in [0.5, 0.6) is 0 Å². The SMILES string of the molecule is C[C@H](NSC(C)(C)C)c1cccc(/C(N)=N/O)c1. The Morgan fingerprint density at radius 2 is 2.11 bits per heavy atom. The molecule has 4 nitrogen and oxygen atoms in total. The first-order valence-electron chi connectivity index (χ1n) is 5.85. The smallest absolute Gasteiger partial charge is 0.170 e. The number of oxime groups is 1. The molecule has 0 aromatic heterocycles. The highest BCUT2D eigenvalue weighted by Crippen LogP contribution is 2.24. The molecule has 0 aliphatic carbocycles. The summed E-state index contributed by atoms with van der Waals surface area (Å²) in [6.07, 6.45) is 0. The molecule has 4 N–H and O–H groups in total. The molecule has 0 amide bonds. The Balaban J connectivity index is 2.77. The Hall–Kier alpha value is -1.20. The minimum absolute atomic E-state index is 0.132. The Morgan fingerprint density at radius 3 is 2.67 bits per heavy atom. The predicted molar refractivity (Wildman–Crippen MR) is 77.8 cm³/mol. The van der Waals surface area contributed by atoms with Crippen molar-refractivity contribution in [2.75, 3.05) is 0 Å². The van der Waals surface area contributed by atoms with Gasteiger partial charge in [0, 0.05) is 16.4 Å². The lowest BCUT2D eigenvalue weighted by Crippen LogP contribution is -2.20. The maximum atomic E-state index is 8.67. The van der Waals surface area contributed by atoms with Crippen molar-refractivity contribution in [3.63, 3.8) is 0 Å². The molecule has 0 heterocycles. The van der Waals surface area contributed by atoms with Gasteiger partial charge in [-0.15, -0.1) is 0 Å². The van der Waals surface area contributed by atoms with Crippen LogP contribution in [0.15, 0.2) is 29.4 Å². The quantitative estimate of drug-likeness (QED) is 0.258.